The monoisotopic (exact) mass is 269 g/mol. The Bertz CT molecular complexity index is 368. The van der Waals surface area contributed by atoms with E-state index in [1.54, 1.807) is 0 Å². The van der Waals surface area contributed by atoms with E-state index in [-0.39, 0.29) is 6.42 Å². The zero-order valence-corrected chi connectivity index (χ0v) is 9.25. The molecule has 102 valence electrons. The molecule has 7 heteroatoms. The maximum atomic E-state index is 12.6. The molecule has 0 fully saturated rings. The molecule has 0 unspecified atom stereocenters. The summed E-state index contributed by atoms with van der Waals surface area (Å²) >= 11 is 0. The van der Waals surface area contributed by atoms with E-state index in [1.807, 2.05) is 0 Å². The SMILES string of the molecule is N[C@@H](CCF)c1ccc(OC(F)(F)C(F)F)cc1. The van der Waals surface area contributed by atoms with Crippen LogP contribution in [0.15, 0.2) is 24.3 Å². The molecule has 0 heterocycles. The fourth-order valence-corrected chi connectivity index (χ4v) is 1.27. The van der Waals surface area contributed by atoms with E-state index in [0.717, 1.165) is 12.1 Å². The molecule has 0 bridgehead atoms. The van der Waals surface area contributed by atoms with Crippen LogP contribution in [-0.2, 0) is 0 Å². The number of hydrogen-bond donors (Lipinski definition) is 1. The Morgan fingerprint density at radius 3 is 2.17 bits per heavy atom. The highest BCUT2D eigenvalue weighted by atomic mass is 19.3. The van der Waals surface area contributed by atoms with Gasteiger partial charge in [-0.3, -0.25) is 4.39 Å². The zero-order valence-electron chi connectivity index (χ0n) is 9.25. The van der Waals surface area contributed by atoms with Crippen LogP contribution in [-0.4, -0.2) is 19.2 Å². The molecule has 0 saturated heterocycles. The molecule has 0 saturated carbocycles. The molecule has 0 radical (unpaired) electrons. The lowest BCUT2D eigenvalue weighted by molar-refractivity contribution is -0.253. The lowest BCUT2D eigenvalue weighted by atomic mass is 10.1. The summed E-state index contributed by atoms with van der Waals surface area (Å²) in [6, 6.07) is 4.27. The molecular weight excluding hydrogens is 257 g/mol. The van der Waals surface area contributed by atoms with Gasteiger partial charge in [0.2, 0.25) is 0 Å². The normalized spacial score (nSPS) is 13.7. The molecule has 0 aliphatic carbocycles. The van der Waals surface area contributed by atoms with Crippen molar-refractivity contribution in [2.75, 3.05) is 6.67 Å². The average molecular weight is 269 g/mol. The quantitative estimate of drug-likeness (QED) is 0.804. The molecule has 0 amide bonds. The predicted molar refractivity (Wildman–Crippen MR) is 55.5 cm³/mol. The van der Waals surface area contributed by atoms with Gasteiger partial charge in [-0.15, -0.1) is 0 Å². The number of benzene rings is 1. The van der Waals surface area contributed by atoms with Gasteiger partial charge in [0.1, 0.15) is 5.75 Å². The van der Waals surface area contributed by atoms with Crippen LogP contribution in [0, 0.1) is 0 Å². The van der Waals surface area contributed by atoms with E-state index in [9.17, 15) is 22.0 Å². The Morgan fingerprint density at radius 2 is 1.72 bits per heavy atom. The maximum absolute atomic E-state index is 12.6. The van der Waals surface area contributed by atoms with E-state index in [0.29, 0.717) is 5.56 Å². The van der Waals surface area contributed by atoms with E-state index in [4.69, 9.17) is 5.73 Å². The number of hydrogen-bond acceptors (Lipinski definition) is 2. The summed E-state index contributed by atoms with van der Waals surface area (Å²) < 4.78 is 64.8. The van der Waals surface area contributed by atoms with Crippen molar-refractivity contribution < 1.29 is 26.7 Å². The topological polar surface area (TPSA) is 35.2 Å². The van der Waals surface area contributed by atoms with Crippen molar-refractivity contribution in [1.82, 2.24) is 0 Å². The van der Waals surface area contributed by atoms with Crippen LogP contribution in [0.2, 0.25) is 0 Å². The summed E-state index contributed by atoms with van der Waals surface area (Å²) in [5.41, 5.74) is 6.10. The van der Waals surface area contributed by atoms with Crippen molar-refractivity contribution in [3.05, 3.63) is 29.8 Å². The van der Waals surface area contributed by atoms with E-state index >= 15 is 0 Å². The summed E-state index contributed by atoms with van der Waals surface area (Å²) in [6.07, 6.45) is -8.36. The number of halogens is 5. The number of alkyl halides is 5. The van der Waals surface area contributed by atoms with E-state index in [1.165, 1.54) is 12.1 Å². The van der Waals surface area contributed by atoms with Crippen molar-refractivity contribution in [3.63, 3.8) is 0 Å². The number of ether oxygens (including phenoxy) is 1. The Labute approximate surface area is 101 Å². The largest absolute Gasteiger partial charge is 0.461 e. The van der Waals surface area contributed by atoms with Gasteiger partial charge in [0.15, 0.2) is 0 Å². The van der Waals surface area contributed by atoms with Gasteiger partial charge >= 0.3 is 12.5 Å². The van der Waals surface area contributed by atoms with Crippen LogP contribution >= 0.6 is 0 Å². The number of nitrogens with two attached hydrogens (primary N) is 1. The highest BCUT2D eigenvalue weighted by Crippen LogP contribution is 2.28. The van der Waals surface area contributed by atoms with Crippen LogP contribution in [0.25, 0.3) is 0 Å². The Balaban J connectivity index is 2.71. The summed E-state index contributed by atoms with van der Waals surface area (Å²) in [6.45, 7) is -0.608. The smallest absolute Gasteiger partial charge is 0.428 e. The van der Waals surface area contributed by atoms with Crippen LogP contribution in [0.1, 0.15) is 18.0 Å². The zero-order chi connectivity index (χ0) is 13.8. The molecule has 0 aliphatic rings. The Morgan fingerprint density at radius 1 is 1.17 bits per heavy atom. The first-order chi connectivity index (χ1) is 8.36. The molecule has 2 nitrogen and oxygen atoms in total. The summed E-state index contributed by atoms with van der Waals surface area (Å²) in [4.78, 5) is 0. The third-order valence-electron chi connectivity index (χ3n) is 2.24. The van der Waals surface area contributed by atoms with Crippen LogP contribution in [0.5, 0.6) is 5.75 Å². The van der Waals surface area contributed by atoms with Crippen molar-refractivity contribution in [2.45, 2.75) is 25.0 Å². The summed E-state index contributed by atoms with van der Waals surface area (Å²) in [5, 5.41) is 0. The van der Waals surface area contributed by atoms with E-state index < -0.39 is 31.0 Å². The number of rotatable bonds is 6. The van der Waals surface area contributed by atoms with Gasteiger partial charge in [-0.1, -0.05) is 12.1 Å². The standard InChI is InChI=1S/C11H12F5NO/c12-6-5-9(17)7-1-3-8(4-2-7)18-11(15,16)10(13)14/h1-4,9-10H,5-6,17H2/t9-/m0/s1. The molecule has 0 aromatic heterocycles. The van der Waals surface area contributed by atoms with Crippen LogP contribution in [0.3, 0.4) is 0 Å². The van der Waals surface area contributed by atoms with Gasteiger partial charge in [0, 0.05) is 6.04 Å². The molecule has 1 rings (SSSR count). The molecule has 1 aromatic rings. The summed E-state index contributed by atoms with van der Waals surface area (Å²) in [7, 11) is 0. The first kappa shape index (κ1) is 14.7. The molecule has 18 heavy (non-hydrogen) atoms. The van der Waals surface area contributed by atoms with Gasteiger partial charge < -0.3 is 10.5 Å². The highest BCUT2D eigenvalue weighted by molar-refractivity contribution is 5.29. The minimum absolute atomic E-state index is 0.0907. The molecule has 2 N–H and O–H groups in total. The van der Waals surface area contributed by atoms with Crippen LogP contribution < -0.4 is 10.5 Å². The fraction of sp³-hybridized carbons (Fsp3) is 0.455. The van der Waals surface area contributed by atoms with Gasteiger partial charge in [-0.2, -0.15) is 17.6 Å². The lowest BCUT2D eigenvalue weighted by Crippen LogP contribution is -2.33. The van der Waals surface area contributed by atoms with Crippen LogP contribution in [0.4, 0.5) is 22.0 Å². The minimum atomic E-state index is -4.54. The Hall–Kier alpha value is -1.37. The highest BCUT2D eigenvalue weighted by Gasteiger charge is 2.43. The maximum Gasteiger partial charge on any atom is 0.461 e. The second-order valence-electron chi connectivity index (χ2n) is 3.62. The molecule has 0 aliphatic heterocycles. The second-order valence-corrected chi connectivity index (χ2v) is 3.62. The molecular formula is C11H12F5NO. The average Bonchev–Trinajstić information content (AvgIpc) is 2.29. The van der Waals surface area contributed by atoms with Crippen molar-refractivity contribution >= 4 is 0 Å². The van der Waals surface area contributed by atoms with Crippen molar-refractivity contribution in [2.24, 2.45) is 5.73 Å². The summed E-state index contributed by atoms with van der Waals surface area (Å²) in [5.74, 6) is -0.406. The third-order valence-corrected chi connectivity index (χ3v) is 2.24. The molecule has 1 atom stereocenters. The molecule has 0 spiro atoms. The van der Waals surface area contributed by atoms with Gasteiger partial charge in [-0.25, -0.2) is 0 Å². The first-order valence-corrected chi connectivity index (χ1v) is 5.13. The van der Waals surface area contributed by atoms with Gasteiger partial charge in [0.25, 0.3) is 0 Å². The lowest BCUT2D eigenvalue weighted by Gasteiger charge is -2.17. The predicted octanol–water partition coefficient (Wildman–Crippen LogP) is 3.28. The third kappa shape index (κ3) is 3.83. The van der Waals surface area contributed by atoms with Gasteiger partial charge in [0.05, 0.1) is 6.67 Å². The van der Waals surface area contributed by atoms with E-state index in [2.05, 4.69) is 4.74 Å². The fourth-order valence-electron chi connectivity index (χ4n) is 1.27. The Kier molecular flexibility index (Phi) is 4.89. The first-order valence-electron chi connectivity index (χ1n) is 5.13. The van der Waals surface area contributed by atoms with Crippen molar-refractivity contribution in [1.29, 1.82) is 0 Å². The second kappa shape index (κ2) is 5.99. The minimum Gasteiger partial charge on any atom is -0.428 e. The van der Waals surface area contributed by atoms with Crippen molar-refractivity contribution in [3.8, 4) is 5.75 Å². The van der Waals surface area contributed by atoms with Gasteiger partial charge in [-0.05, 0) is 24.1 Å². The molecule has 1 aromatic carbocycles.